The number of nitrogens with zero attached hydrogens (tertiary/aromatic N) is 2. The second-order valence-corrected chi connectivity index (χ2v) is 11.4. The van der Waals surface area contributed by atoms with Gasteiger partial charge in [-0.05, 0) is 32.9 Å². The second-order valence-electron chi connectivity index (χ2n) is 8.02. The van der Waals surface area contributed by atoms with Gasteiger partial charge < -0.3 is 19.7 Å². The highest BCUT2D eigenvalue weighted by molar-refractivity contribution is 8.16. The van der Waals surface area contributed by atoms with Crippen LogP contribution in [0.3, 0.4) is 0 Å². The van der Waals surface area contributed by atoms with Crippen molar-refractivity contribution < 1.29 is 27.5 Å². The van der Waals surface area contributed by atoms with E-state index >= 15 is 0 Å². The Balaban J connectivity index is 1.80. The monoisotopic (exact) mass is 455 g/mol. The molecule has 0 aliphatic carbocycles. The second kappa shape index (κ2) is 8.46. The number of alkyl carbamates (subject to hydrolysis) is 1. The zero-order chi connectivity index (χ0) is 22.1. The molecule has 0 saturated carbocycles. The maximum atomic E-state index is 12.4. The van der Waals surface area contributed by atoms with Crippen LogP contribution in [0.15, 0.2) is 29.3 Å². The molecule has 0 radical (unpaired) electrons. The summed E-state index contributed by atoms with van der Waals surface area (Å²) >= 11 is 1.26. The van der Waals surface area contributed by atoms with Crippen LogP contribution in [0.5, 0.6) is 5.75 Å². The number of aliphatic imine (C=N–C) groups is 1. The number of fused-ring (bicyclic) bond motifs is 1. The number of hydrogen-bond acceptors (Lipinski definition) is 7. The van der Waals surface area contributed by atoms with Gasteiger partial charge in [-0.1, -0.05) is 17.8 Å². The minimum Gasteiger partial charge on any atom is -0.497 e. The molecule has 30 heavy (non-hydrogen) atoms. The highest BCUT2D eigenvalue weighted by Gasteiger charge is 2.49. The first-order valence-corrected chi connectivity index (χ1v) is 12.1. The molecule has 164 valence electrons. The van der Waals surface area contributed by atoms with Crippen LogP contribution in [0.1, 0.15) is 20.8 Å². The van der Waals surface area contributed by atoms with Crippen LogP contribution in [0.4, 0.5) is 10.5 Å². The molecule has 0 aromatic heterocycles. The van der Waals surface area contributed by atoms with Gasteiger partial charge in [-0.15, -0.1) is 0 Å². The van der Waals surface area contributed by atoms with Gasteiger partial charge >= 0.3 is 6.09 Å². The van der Waals surface area contributed by atoms with Crippen molar-refractivity contribution in [2.75, 3.05) is 30.1 Å². The summed E-state index contributed by atoms with van der Waals surface area (Å²) in [4.78, 5) is 30.1. The molecule has 9 nitrogen and oxygen atoms in total. The van der Waals surface area contributed by atoms with E-state index in [9.17, 15) is 18.0 Å². The Kier molecular flexibility index (Phi) is 6.32. The first kappa shape index (κ1) is 22.4. The van der Waals surface area contributed by atoms with Gasteiger partial charge in [-0.25, -0.2) is 13.2 Å². The Morgan fingerprint density at radius 2 is 2.03 bits per heavy atom. The van der Waals surface area contributed by atoms with E-state index in [0.29, 0.717) is 16.6 Å². The van der Waals surface area contributed by atoms with E-state index in [1.165, 1.54) is 11.8 Å². The Morgan fingerprint density at radius 3 is 2.70 bits per heavy atom. The fraction of sp³-hybridized carbons (Fsp3) is 0.526. The molecule has 11 heteroatoms. The van der Waals surface area contributed by atoms with Gasteiger partial charge in [0.2, 0.25) is 0 Å². The molecule has 2 saturated heterocycles. The lowest BCUT2D eigenvalue weighted by Crippen LogP contribution is -2.38. The number of thioether (sulfide) groups is 1. The fourth-order valence-corrected chi connectivity index (χ4v) is 7.17. The number of anilines is 1. The van der Waals surface area contributed by atoms with Gasteiger partial charge in [0.1, 0.15) is 17.9 Å². The smallest absolute Gasteiger partial charge is 0.408 e. The number of ether oxygens (including phenoxy) is 2. The fourth-order valence-electron chi connectivity index (χ4n) is 3.23. The van der Waals surface area contributed by atoms with Crippen LogP contribution in [-0.4, -0.2) is 67.6 Å². The zero-order valence-corrected chi connectivity index (χ0v) is 18.9. The highest BCUT2D eigenvalue weighted by Crippen LogP contribution is 2.41. The summed E-state index contributed by atoms with van der Waals surface area (Å²) in [5.74, 6) is 0.0791. The van der Waals surface area contributed by atoms with E-state index < -0.39 is 27.4 Å². The van der Waals surface area contributed by atoms with Gasteiger partial charge in [-0.3, -0.25) is 4.79 Å². The van der Waals surface area contributed by atoms with Crippen LogP contribution in [-0.2, 0) is 19.4 Å². The third kappa shape index (κ3) is 5.45. The molecule has 1 N–H and O–H groups in total. The van der Waals surface area contributed by atoms with E-state index in [2.05, 4.69) is 10.3 Å². The predicted molar refractivity (Wildman–Crippen MR) is 116 cm³/mol. The Morgan fingerprint density at radius 1 is 1.30 bits per heavy atom. The molecule has 2 aliphatic rings. The molecule has 3 rings (SSSR count). The van der Waals surface area contributed by atoms with Gasteiger partial charge in [0.15, 0.2) is 15.0 Å². The van der Waals surface area contributed by atoms with Crippen molar-refractivity contribution in [2.45, 2.75) is 37.7 Å². The topological polar surface area (TPSA) is 114 Å². The highest BCUT2D eigenvalue weighted by atomic mass is 32.2. The van der Waals surface area contributed by atoms with Gasteiger partial charge in [0, 0.05) is 17.0 Å². The Bertz CT molecular complexity index is 971. The van der Waals surface area contributed by atoms with Crippen molar-refractivity contribution in [1.29, 1.82) is 0 Å². The number of rotatable bonds is 4. The van der Waals surface area contributed by atoms with Crippen LogP contribution >= 0.6 is 11.8 Å². The van der Waals surface area contributed by atoms with Crippen molar-refractivity contribution in [1.82, 2.24) is 5.32 Å². The normalized spacial score (nSPS) is 23.9. The molecule has 2 amide bonds. The molecule has 0 bridgehead atoms. The summed E-state index contributed by atoms with van der Waals surface area (Å²) in [7, 11) is -1.62. The number of carbonyl (C=O) groups is 2. The van der Waals surface area contributed by atoms with Crippen LogP contribution < -0.4 is 15.0 Å². The first-order valence-electron chi connectivity index (χ1n) is 9.36. The molecule has 1 aromatic carbocycles. The lowest BCUT2D eigenvalue weighted by Gasteiger charge is -2.24. The molecule has 2 aliphatic heterocycles. The van der Waals surface area contributed by atoms with Crippen LogP contribution in [0, 0.1) is 0 Å². The average molecular weight is 456 g/mol. The molecule has 2 atom stereocenters. The average Bonchev–Trinajstić information content (AvgIpc) is 3.09. The molecular weight excluding hydrogens is 430 g/mol. The maximum absolute atomic E-state index is 12.4. The third-order valence-electron chi connectivity index (χ3n) is 4.40. The maximum Gasteiger partial charge on any atom is 0.408 e. The largest absolute Gasteiger partial charge is 0.497 e. The standard InChI is InChI=1S/C19H25N3O6S2/c1-19(2,3)28-18(24)20-9-16(23)21-17-22(12-6-5-7-13(8-12)27-4)14-10-30(25,26)11-15(14)29-17/h5-8,14-15H,9-11H2,1-4H3,(H,20,24)/t14-,15-/m1/s1. The summed E-state index contributed by atoms with van der Waals surface area (Å²) in [6.07, 6.45) is -0.706. The minimum absolute atomic E-state index is 0.00869. The number of amides is 2. The lowest BCUT2D eigenvalue weighted by atomic mass is 10.2. The summed E-state index contributed by atoms with van der Waals surface area (Å²) in [5, 5.41) is 2.58. The molecule has 2 fully saturated rings. The molecule has 0 spiro atoms. The number of nitrogens with one attached hydrogen (secondary N) is 1. The van der Waals surface area contributed by atoms with E-state index in [4.69, 9.17) is 9.47 Å². The number of sulfone groups is 1. The SMILES string of the molecule is COc1cccc(N2C(=NC(=O)CNC(=O)OC(C)(C)C)S[C@@H]3CS(=O)(=O)C[C@H]32)c1. The number of methoxy groups -OCH3 is 1. The van der Waals surface area contributed by atoms with Crippen LogP contribution in [0.2, 0.25) is 0 Å². The predicted octanol–water partition coefficient (Wildman–Crippen LogP) is 1.82. The van der Waals surface area contributed by atoms with Gasteiger partial charge in [-0.2, -0.15) is 4.99 Å². The number of amidine groups is 1. The van der Waals surface area contributed by atoms with E-state index in [1.54, 1.807) is 51.0 Å². The van der Waals surface area contributed by atoms with Crippen molar-refractivity contribution in [3.05, 3.63) is 24.3 Å². The lowest BCUT2D eigenvalue weighted by molar-refractivity contribution is -0.117. The van der Waals surface area contributed by atoms with Crippen LogP contribution in [0.25, 0.3) is 0 Å². The Labute approximate surface area is 180 Å². The summed E-state index contributed by atoms with van der Waals surface area (Å²) < 4.78 is 34.6. The summed E-state index contributed by atoms with van der Waals surface area (Å²) in [6, 6.07) is 6.83. The summed E-state index contributed by atoms with van der Waals surface area (Å²) in [5.41, 5.74) is 0.0185. The molecule has 1 aromatic rings. The molecule has 2 heterocycles. The number of benzene rings is 1. The first-order chi connectivity index (χ1) is 14.0. The van der Waals surface area contributed by atoms with Crippen molar-refractivity contribution in [3.8, 4) is 5.75 Å². The van der Waals surface area contributed by atoms with E-state index in [1.807, 2.05) is 6.07 Å². The van der Waals surface area contributed by atoms with Crippen molar-refractivity contribution in [2.24, 2.45) is 4.99 Å². The quantitative estimate of drug-likeness (QED) is 0.731. The zero-order valence-electron chi connectivity index (χ0n) is 17.2. The number of carbonyl (C=O) groups excluding carboxylic acids is 2. The Hall–Kier alpha value is -2.27. The molecular formula is C19H25N3O6S2. The number of hydrogen-bond donors (Lipinski definition) is 1. The van der Waals surface area contributed by atoms with Gasteiger partial charge in [0.25, 0.3) is 5.91 Å². The minimum atomic E-state index is -3.16. The van der Waals surface area contributed by atoms with E-state index in [0.717, 1.165) is 0 Å². The van der Waals surface area contributed by atoms with E-state index in [-0.39, 0.29) is 29.3 Å². The van der Waals surface area contributed by atoms with Gasteiger partial charge in [0.05, 0.1) is 24.7 Å². The van der Waals surface area contributed by atoms with Crippen molar-refractivity contribution in [3.63, 3.8) is 0 Å². The summed E-state index contributed by atoms with van der Waals surface area (Å²) in [6.45, 7) is 4.85. The van der Waals surface area contributed by atoms with Crippen molar-refractivity contribution >= 4 is 44.5 Å². The third-order valence-corrected chi connectivity index (χ3v) is 7.61. The molecule has 0 unspecified atom stereocenters.